The van der Waals surface area contributed by atoms with Gasteiger partial charge in [0, 0.05) is 22.5 Å². The fourth-order valence-corrected chi connectivity index (χ4v) is 6.73. The van der Waals surface area contributed by atoms with Crippen molar-refractivity contribution in [1.82, 2.24) is 9.21 Å². The first-order valence-corrected chi connectivity index (χ1v) is 13.9. The average Bonchev–Trinajstić information content (AvgIpc) is 3.31. The van der Waals surface area contributed by atoms with Crippen LogP contribution in [0.25, 0.3) is 0 Å². The van der Waals surface area contributed by atoms with E-state index in [2.05, 4.69) is 0 Å². The van der Waals surface area contributed by atoms with Crippen LogP contribution in [0.5, 0.6) is 5.75 Å². The molecule has 0 radical (unpaired) electrons. The third-order valence-electron chi connectivity index (χ3n) is 5.92. The van der Waals surface area contributed by atoms with Crippen LogP contribution in [0, 0.1) is 5.82 Å². The summed E-state index contributed by atoms with van der Waals surface area (Å²) >= 11 is 7.55. The lowest BCUT2D eigenvalue weighted by atomic mass is 10.0. The van der Waals surface area contributed by atoms with Gasteiger partial charge in [0.15, 0.2) is 0 Å². The number of carbonyl (C=O) groups is 1. The van der Waals surface area contributed by atoms with Gasteiger partial charge in [0.05, 0.1) is 17.5 Å². The third-order valence-corrected chi connectivity index (χ3v) is 9.21. The van der Waals surface area contributed by atoms with Gasteiger partial charge >= 0.3 is 0 Å². The number of rotatable bonds is 8. The first kappa shape index (κ1) is 25.6. The number of ether oxygens (including phenoxy) is 1. The lowest BCUT2D eigenvalue weighted by molar-refractivity contribution is -0.135. The van der Waals surface area contributed by atoms with Crippen molar-refractivity contribution in [3.63, 3.8) is 0 Å². The van der Waals surface area contributed by atoms with Gasteiger partial charge in [-0.05, 0) is 85.8 Å². The van der Waals surface area contributed by atoms with Gasteiger partial charge in [-0.3, -0.25) is 4.79 Å². The molecule has 0 aliphatic carbocycles. The van der Waals surface area contributed by atoms with Crippen LogP contribution in [0.4, 0.5) is 4.39 Å². The average molecular weight is 537 g/mol. The fraction of sp³-hybridized carbons (Fsp3) is 0.320. The minimum Gasteiger partial charge on any atom is -0.491 e. The number of carbonyl (C=O) groups excluding carboxylic acids is 1. The molecule has 186 valence electrons. The first-order chi connectivity index (χ1) is 16.7. The van der Waals surface area contributed by atoms with Gasteiger partial charge in [-0.1, -0.05) is 11.6 Å². The van der Waals surface area contributed by atoms with Crippen LogP contribution in [-0.2, 0) is 21.2 Å². The number of hydrogen-bond donors (Lipinski definition) is 0. The summed E-state index contributed by atoms with van der Waals surface area (Å²) in [4.78, 5) is 16.5. The van der Waals surface area contributed by atoms with E-state index in [1.807, 2.05) is 11.4 Å². The molecule has 0 bridgehead atoms. The zero-order valence-corrected chi connectivity index (χ0v) is 21.7. The van der Waals surface area contributed by atoms with Gasteiger partial charge in [0.2, 0.25) is 15.9 Å². The van der Waals surface area contributed by atoms with Crippen LogP contribution in [-0.4, -0.2) is 49.3 Å². The molecular weight excluding hydrogens is 511 g/mol. The summed E-state index contributed by atoms with van der Waals surface area (Å²) in [6.45, 7) is 3.81. The molecule has 4 rings (SSSR count). The lowest BCUT2D eigenvalue weighted by Gasteiger charge is -2.37. The predicted molar refractivity (Wildman–Crippen MR) is 135 cm³/mol. The van der Waals surface area contributed by atoms with E-state index < -0.39 is 16.1 Å². The Morgan fingerprint density at radius 3 is 2.51 bits per heavy atom. The number of halogens is 2. The van der Waals surface area contributed by atoms with Gasteiger partial charge in [0.1, 0.15) is 18.2 Å². The van der Waals surface area contributed by atoms with Crippen molar-refractivity contribution in [3.8, 4) is 5.75 Å². The van der Waals surface area contributed by atoms with E-state index in [1.54, 1.807) is 30.1 Å². The van der Waals surface area contributed by atoms with E-state index in [1.165, 1.54) is 57.7 Å². The van der Waals surface area contributed by atoms with Crippen molar-refractivity contribution in [3.05, 3.63) is 81.3 Å². The van der Waals surface area contributed by atoms with Gasteiger partial charge in [-0.2, -0.15) is 4.31 Å². The molecule has 0 saturated heterocycles. The Kier molecular flexibility index (Phi) is 7.80. The molecule has 0 saturated carbocycles. The number of nitrogens with zero attached hydrogens (tertiary/aromatic N) is 2. The molecule has 2 heterocycles. The molecule has 2 aromatic carbocycles. The monoisotopic (exact) mass is 536 g/mol. The van der Waals surface area contributed by atoms with Gasteiger partial charge in [-0.25, -0.2) is 12.8 Å². The van der Waals surface area contributed by atoms with Crippen LogP contribution in [0.15, 0.2) is 64.9 Å². The van der Waals surface area contributed by atoms with Crippen molar-refractivity contribution in [2.24, 2.45) is 0 Å². The Morgan fingerprint density at radius 1 is 1.17 bits per heavy atom. The normalized spacial score (nSPS) is 15.9. The fourth-order valence-electron chi connectivity index (χ4n) is 4.09. The highest BCUT2D eigenvalue weighted by Gasteiger charge is 2.36. The number of sulfonamides is 1. The lowest BCUT2D eigenvalue weighted by Crippen LogP contribution is -2.49. The van der Waals surface area contributed by atoms with Crippen LogP contribution < -0.4 is 4.74 Å². The molecule has 35 heavy (non-hydrogen) atoms. The maximum Gasteiger partial charge on any atom is 0.243 e. The third kappa shape index (κ3) is 5.69. The molecular formula is C25H26ClFN2O4S2. The number of thiophene rings is 1. The van der Waals surface area contributed by atoms with Crippen molar-refractivity contribution in [2.75, 3.05) is 19.7 Å². The van der Waals surface area contributed by atoms with Gasteiger partial charge in [-0.15, -0.1) is 11.3 Å². The zero-order valence-electron chi connectivity index (χ0n) is 19.4. The molecule has 0 unspecified atom stereocenters. The largest absolute Gasteiger partial charge is 0.491 e. The second kappa shape index (κ2) is 10.7. The van der Waals surface area contributed by atoms with E-state index in [-0.39, 0.29) is 35.8 Å². The Hall–Kier alpha value is -2.46. The maximum atomic E-state index is 13.5. The molecule has 6 nitrogen and oxygen atoms in total. The predicted octanol–water partition coefficient (Wildman–Crippen LogP) is 5.14. The summed E-state index contributed by atoms with van der Waals surface area (Å²) in [5.41, 5.74) is 0.994. The van der Waals surface area contributed by atoms with Crippen molar-refractivity contribution in [1.29, 1.82) is 0 Å². The quantitative estimate of drug-likeness (QED) is 0.399. The van der Waals surface area contributed by atoms with Crippen LogP contribution in [0.3, 0.4) is 0 Å². The van der Waals surface area contributed by atoms with Crippen molar-refractivity contribution >= 4 is 38.9 Å². The Morgan fingerprint density at radius 2 is 1.86 bits per heavy atom. The van der Waals surface area contributed by atoms with E-state index in [0.717, 1.165) is 5.56 Å². The van der Waals surface area contributed by atoms with E-state index in [0.29, 0.717) is 23.7 Å². The number of amides is 1. The van der Waals surface area contributed by atoms with Crippen molar-refractivity contribution in [2.45, 2.75) is 37.2 Å². The van der Waals surface area contributed by atoms with E-state index in [9.17, 15) is 17.6 Å². The molecule has 1 atom stereocenters. The topological polar surface area (TPSA) is 66.9 Å². The van der Waals surface area contributed by atoms with E-state index in [4.69, 9.17) is 16.3 Å². The molecule has 1 aliphatic heterocycles. The SMILES string of the molecule is CC(C)N(CC(=O)N1CCc2sccc2[C@H]1COc1ccc(F)cc1)S(=O)(=O)c1ccc(Cl)cc1. The number of hydrogen-bond acceptors (Lipinski definition) is 5. The Labute approximate surface area is 213 Å². The zero-order chi connectivity index (χ0) is 25.2. The number of fused-ring (bicyclic) bond motifs is 1. The van der Waals surface area contributed by atoms with Crippen LogP contribution >= 0.6 is 22.9 Å². The van der Waals surface area contributed by atoms with Crippen molar-refractivity contribution < 1.29 is 22.3 Å². The minimum atomic E-state index is -3.91. The molecule has 10 heteroatoms. The highest BCUT2D eigenvalue weighted by atomic mass is 35.5. The standard InChI is InChI=1S/C25H26ClFN2O4S2/c1-17(2)29(35(31,32)21-9-3-18(26)4-10-21)15-25(30)28-13-11-24-22(12-14-34-24)23(28)16-33-20-7-5-19(27)6-8-20/h3-10,12,14,17,23H,11,13,15-16H2,1-2H3/t23-/m1/s1. The summed E-state index contributed by atoms with van der Waals surface area (Å²) in [6.07, 6.45) is 0.692. The number of benzene rings is 2. The highest BCUT2D eigenvalue weighted by Crippen LogP contribution is 2.34. The second-order valence-corrected chi connectivity index (χ2v) is 11.8. The Balaban J connectivity index is 1.56. The summed E-state index contributed by atoms with van der Waals surface area (Å²) in [7, 11) is -3.91. The maximum absolute atomic E-state index is 13.5. The summed E-state index contributed by atoms with van der Waals surface area (Å²) in [5.74, 6) is -0.168. The molecule has 0 N–H and O–H groups in total. The minimum absolute atomic E-state index is 0.0818. The Bertz CT molecular complexity index is 1280. The molecule has 3 aromatic rings. The summed E-state index contributed by atoms with van der Waals surface area (Å²) < 4.78 is 47.1. The second-order valence-electron chi connectivity index (χ2n) is 8.51. The van der Waals surface area contributed by atoms with Gasteiger partial charge in [0.25, 0.3) is 0 Å². The molecule has 0 spiro atoms. The molecule has 1 aliphatic rings. The summed E-state index contributed by atoms with van der Waals surface area (Å²) in [6, 6.07) is 12.8. The highest BCUT2D eigenvalue weighted by molar-refractivity contribution is 7.89. The van der Waals surface area contributed by atoms with Crippen LogP contribution in [0.1, 0.15) is 30.3 Å². The van der Waals surface area contributed by atoms with Gasteiger partial charge < -0.3 is 9.64 Å². The van der Waals surface area contributed by atoms with Crippen LogP contribution in [0.2, 0.25) is 5.02 Å². The first-order valence-electron chi connectivity index (χ1n) is 11.2. The molecule has 1 amide bonds. The van der Waals surface area contributed by atoms with E-state index >= 15 is 0 Å². The molecule has 1 aromatic heterocycles. The summed E-state index contributed by atoms with van der Waals surface area (Å²) in [5, 5.41) is 2.41. The smallest absolute Gasteiger partial charge is 0.243 e. The molecule has 0 fully saturated rings.